The molecule has 3 nitrogen and oxygen atoms in total. The van der Waals surface area contributed by atoms with E-state index in [1.165, 1.54) is 16.9 Å². The second kappa shape index (κ2) is 6.28. The predicted octanol–water partition coefficient (Wildman–Crippen LogP) is 6.66. The molecule has 0 atom stereocenters. The molecule has 28 heavy (non-hydrogen) atoms. The van der Waals surface area contributed by atoms with Crippen LogP contribution in [0.1, 0.15) is 52.7 Å². The summed E-state index contributed by atoms with van der Waals surface area (Å²) in [4.78, 5) is 17.5. The maximum absolute atomic E-state index is 12.9. The minimum atomic E-state index is -0.333. The Kier molecular flexibility index (Phi) is 4.23. The largest absolute Gasteiger partial charge is 0.422 e. The molecular formula is C24H25NO2S. The van der Waals surface area contributed by atoms with Gasteiger partial charge in [0.25, 0.3) is 0 Å². The van der Waals surface area contributed by atoms with E-state index in [0.717, 1.165) is 21.2 Å². The van der Waals surface area contributed by atoms with Crippen LogP contribution in [-0.4, -0.2) is 4.98 Å². The summed E-state index contributed by atoms with van der Waals surface area (Å²) in [7, 11) is 0. The quantitative estimate of drug-likeness (QED) is 0.341. The lowest BCUT2D eigenvalue weighted by molar-refractivity contribution is 0.526. The fraction of sp³-hybridized carbons (Fsp3) is 0.333. The molecule has 0 radical (unpaired) electrons. The van der Waals surface area contributed by atoms with Crippen molar-refractivity contribution in [2.45, 2.75) is 52.4 Å². The Morgan fingerprint density at radius 1 is 0.929 bits per heavy atom. The number of hydrogen-bond donors (Lipinski definition) is 0. The monoisotopic (exact) mass is 391 g/mol. The lowest BCUT2D eigenvalue weighted by Gasteiger charge is -2.26. The summed E-state index contributed by atoms with van der Waals surface area (Å²) in [5.41, 5.74) is 3.93. The first-order chi connectivity index (χ1) is 13.0. The van der Waals surface area contributed by atoms with Crippen LogP contribution in [-0.2, 0) is 10.8 Å². The Bertz CT molecular complexity index is 1220. The lowest BCUT2D eigenvalue weighted by Crippen LogP contribution is -2.17. The number of rotatable bonds is 1. The maximum Gasteiger partial charge on any atom is 0.346 e. The molecule has 0 N–H and O–H groups in total. The van der Waals surface area contributed by atoms with E-state index in [9.17, 15) is 4.79 Å². The van der Waals surface area contributed by atoms with Gasteiger partial charge in [-0.15, -0.1) is 11.3 Å². The first-order valence-corrected chi connectivity index (χ1v) is 10.3. The van der Waals surface area contributed by atoms with Crippen molar-refractivity contribution in [3.63, 3.8) is 0 Å². The molecular weight excluding hydrogens is 366 g/mol. The van der Waals surface area contributed by atoms with Gasteiger partial charge in [-0.3, -0.25) is 0 Å². The van der Waals surface area contributed by atoms with E-state index in [1.54, 1.807) is 0 Å². The average Bonchev–Trinajstić information content (AvgIpc) is 3.02. The second-order valence-corrected chi connectivity index (χ2v) is 10.4. The normalized spacial score (nSPS) is 12.8. The Labute approximate surface area is 169 Å². The van der Waals surface area contributed by atoms with Gasteiger partial charge in [-0.2, -0.15) is 0 Å². The molecule has 0 aliphatic carbocycles. The highest BCUT2D eigenvalue weighted by molar-refractivity contribution is 7.21. The van der Waals surface area contributed by atoms with Crippen LogP contribution in [0.15, 0.2) is 51.7 Å². The average molecular weight is 392 g/mol. The molecule has 0 aliphatic heterocycles. The standard InChI is InChI=1S/C24H25NO2S/c1-23(2,3)15-11-14-12-16(21-25-18-9-7-8-10-19(18)28-21)22(26)27-20(14)17(13-15)24(4,5)6/h7-13H,1-6H3. The lowest BCUT2D eigenvalue weighted by atomic mass is 9.79. The van der Waals surface area contributed by atoms with Gasteiger partial charge in [0.1, 0.15) is 10.6 Å². The topological polar surface area (TPSA) is 43.1 Å². The highest BCUT2D eigenvalue weighted by Gasteiger charge is 2.25. The molecule has 0 unspecified atom stereocenters. The molecule has 0 amide bonds. The van der Waals surface area contributed by atoms with Crippen LogP contribution < -0.4 is 5.63 Å². The molecule has 0 saturated heterocycles. The maximum atomic E-state index is 12.9. The van der Waals surface area contributed by atoms with Crippen molar-refractivity contribution < 1.29 is 4.42 Å². The van der Waals surface area contributed by atoms with Gasteiger partial charge in [0.2, 0.25) is 0 Å². The third-order valence-corrected chi connectivity index (χ3v) is 6.10. The number of para-hydroxylation sites is 1. The summed E-state index contributed by atoms with van der Waals surface area (Å²) >= 11 is 1.52. The van der Waals surface area contributed by atoms with Gasteiger partial charge in [0.15, 0.2) is 0 Å². The molecule has 0 aliphatic rings. The SMILES string of the molecule is CC(C)(C)c1cc(C(C)(C)C)c2oc(=O)c(-c3nc4ccccc4s3)cc2c1. The van der Waals surface area contributed by atoms with Gasteiger partial charge in [-0.25, -0.2) is 9.78 Å². The Hall–Kier alpha value is -2.46. The first-order valence-electron chi connectivity index (χ1n) is 9.53. The zero-order valence-corrected chi connectivity index (χ0v) is 18.0. The first kappa shape index (κ1) is 18.9. The third kappa shape index (κ3) is 3.26. The van der Waals surface area contributed by atoms with Gasteiger partial charge in [-0.05, 0) is 40.7 Å². The van der Waals surface area contributed by atoms with E-state index >= 15 is 0 Å². The van der Waals surface area contributed by atoms with Crippen molar-refractivity contribution in [2.24, 2.45) is 0 Å². The minimum Gasteiger partial charge on any atom is -0.422 e. The predicted molar refractivity (Wildman–Crippen MR) is 118 cm³/mol. The number of thiazole rings is 1. The Balaban J connectivity index is 2.02. The van der Waals surface area contributed by atoms with E-state index in [2.05, 4.69) is 58.7 Å². The van der Waals surface area contributed by atoms with Gasteiger partial charge in [0.05, 0.1) is 15.8 Å². The van der Waals surface area contributed by atoms with Crippen LogP contribution in [0.25, 0.3) is 31.8 Å². The van der Waals surface area contributed by atoms with Crippen LogP contribution in [0.5, 0.6) is 0 Å². The fourth-order valence-corrected chi connectivity index (χ4v) is 4.33. The van der Waals surface area contributed by atoms with Crippen LogP contribution >= 0.6 is 11.3 Å². The molecule has 2 heterocycles. The highest BCUT2D eigenvalue weighted by Crippen LogP contribution is 2.36. The van der Waals surface area contributed by atoms with Gasteiger partial charge in [0, 0.05) is 10.9 Å². The zero-order chi connectivity index (χ0) is 20.3. The number of hydrogen-bond acceptors (Lipinski definition) is 4. The van der Waals surface area contributed by atoms with Crippen LogP contribution in [0, 0.1) is 0 Å². The Morgan fingerprint density at radius 3 is 2.29 bits per heavy atom. The van der Waals surface area contributed by atoms with Crippen molar-refractivity contribution in [3.8, 4) is 10.6 Å². The van der Waals surface area contributed by atoms with Crippen LogP contribution in [0.4, 0.5) is 0 Å². The van der Waals surface area contributed by atoms with Crippen molar-refractivity contribution in [2.75, 3.05) is 0 Å². The van der Waals surface area contributed by atoms with Gasteiger partial charge < -0.3 is 4.42 Å². The molecule has 2 aromatic heterocycles. The van der Waals surface area contributed by atoms with E-state index in [4.69, 9.17) is 4.42 Å². The van der Waals surface area contributed by atoms with Crippen molar-refractivity contribution in [3.05, 3.63) is 64.0 Å². The molecule has 0 fully saturated rings. The molecule has 0 spiro atoms. The molecule has 4 aromatic rings. The summed E-state index contributed by atoms with van der Waals surface area (Å²) in [6.07, 6.45) is 0. The van der Waals surface area contributed by atoms with E-state index in [-0.39, 0.29) is 16.5 Å². The number of aromatic nitrogens is 1. The summed E-state index contributed by atoms with van der Waals surface area (Å²) in [5.74, 6) is 0. The van der Waals surface area contributed by atoms with Gasteiger partial charge >= 0.3 is 5.63 Å². The minimum absolute atomic E-state index is 0.000349. The molecule has 144 valence electrons. The van der Waals surface area contributed by atoms with Crippen LogP contribution in [0.3, 0.4) is 0 Å². The number of nitrogens with zero attached hydrogens (tertiary/aromatic N) is 1. The van der Waals surface area contributed by atoms with E-state index in [0.29, 0.717) is 16.2 Å². The van der Waals surface area contributed by atoms with E-state index in [1.807, 2.05) is 30.3 Å². The number of fused-ring (bicyclic) bond motifs is 2. The fourth-order valence-electron chi connectivity index (χ4n) is 3.36. The van der Waals surface area contributed by atoms with Crippen molar-refractivity contribution >= 4 is 32.5 Å². The van der Waals surface area contributed by atoms with Gasteiger partial charge in [-0.1, -0.05) is 59.7 Å². The summed E-state index contributed by atoms with van der Waals surface area (Å²) in [6.45, 7) is 13.1. The van der Waals surface area contributed by atoms with E-state index < -0.39 is 0 Å². The molecule has 2 aromatic carbocycles. The third-order valence-electron chi connectivity index (χ3n) is 5.03. The summed E-state index contributed by atoms with van der Waals surface area (Å²) < 4.78 is 6.95. The highest BCUT2D eigenvalue weighted by atomic mass is 32.1. The summed E-state index contributed by atoms with van der Waals surface area (Å²) in [5, 5.41) is 1.65. The van der Waals surface area contributed by atoms with Crippen LogP contribution in [0.2, 0.25) is 0 Å². The molecule has 4 heteroatoms. The Morgan fingerprint density at radius 2 is 1.64 bits per heavy atom. The van der Waals surface area contributed by atoms with Crippen molar-refractivity contribution in [1.82, 2.24) is 4.98 Å². The zero-order valence-electron chi connectivity index (χ0n) is 17.2. The number of benzene rings is 2. The smallest absolute Gasteiger partial charge is 0.346 e. The second-order valence-electron chi connectivity index (χ2n) is 9.38. The molecule has 0 saturated carbocycles. The molecule has 0 bridgehead atoms. The van der Waals surface area contributed by atoms with Crippen molar-refractivity contribution in [1.29, 1.82) is 0 Å². The summed E-state index contributed by atoms with van der Waals surface area (Å²) in [6, 6.07) is 14.2. The molecule has 4 rings (SSSR count).